The molecule has 1 amide bonds. The fourth-order valence-corrected chi connectivity index (χ4v) is 2.71. The summed E-state index contributed by atoms with van der Waals surface area (Å²) in [5.74, 6) is 11.0. The van der Waals surface area contributed by atoms with Crippen molar-refractivity contribution < 1.29 is 19.0 Å². The Bertz CT molecular complexity index is 586. The molecule has 0 rings (SSSR count). The standard InChI is InChI=1S/C10H17O2P.C9H15NO2/c1-5-6-7-9(2)10(11)8-13(3,4)12;1-5-6-7-8(2)9(11)10(3)12-4/h9H,7-8H2,1-4H3;8H,7H2,1-4H3/t9-;8-/m00/s1. The van der Waals surface area contributed by atoms with Gasteiger partial charge in [0.25, 0.3) is 0 Å². The lowest BCUT2D eigenvalue weighted by Gasteiger charge is -2.16. The molecule has 0 aliphatic carbocycles. The van der Waals surface area contributed by atoms with Gasteiger partial charge < -0.3 is 4.57 Å². The van der Waals surface area contributed by atoms with E-state index < -0.39 is 7.14 Å². The maximum atomic E-state index is 11.4. The van der Waals surface area contributed by atoms with Crippen LogP contribution in [0.3, 0.4) is 0 Å². The Balaban J connectivity index is 0. The van der Waals surface area contributed by atoms with Crippen molar-refractivity contribution in [3.8, 4) is 23.7 Å². The molecule has 0 aromatic heterocycles. The monoisotopic (exact) mass is 369 g/mol. The molecule has 0 aliphatic heterocycles. The molecule has 6 heteroatoms. The smallest absolute Gasteiger partial charge is 0.249 e. The van der Waals surface area contributed by atoms with E-state index >= 15 is 0 Å². The number of ketones is 1. The third-order valence-corrected chi connectivity index (χ3v) is 4.34. The highest BCUT2D eigenvalue weighted by Crippen LogP contribution is 2.36. The number of amides is 1. The predicted molar refractivity (Wildman–Crippen MR) is 104 cm³/mol. The number of carbonyl (C=O) groups excluding carboxylic acids is 2. The molecule has 142 valence electrons. The van der Waals surface area contributed by atoms with Gasteiger partial charge in [0.05, 0.1) is 20.4 Å². The summed E-state index contributed by atoms with van der Waals surface area (Å²) in [6, 6.07) is 0. The van der Waals surface area contributed by atoms with E-state index in [0.29, 0.717) is 12.8 Å². The average molecular weight is 369 g/mol. The zero-order valence-electron chi connectivity index (χ0n) is 16.8. The molecule has 5 nitrogen and oxygen atoms in total. The molecule has 0 bridgehead atoms. The van der Waals surface area contributed by atoms with Crippen LogP contribution in [-0.4, -0.2) is 50.4 Å². The van der Waals surface area contributed by atoms with E-state index in [1.165, 1.54) is 12.2 Å². The van der Waals surface area contributed by atoms with Gasteiger partial charge in [-0.2, -0.15) is 0 Å². The van der Waals surface area contributed by atoms with Crippen molar-refractivity contribution >= 4 is 18.8 Å². The predicted octanol–water partition coefficient (Wildman–Crippen LogP) is 3.28. The minimum Gasteiger partial charge on any atom is -0.324 e. The van der Waals surface area contributed by atoms with Gasteiger partial charge in [-0.15, -0.1) is 23.7 Å². The van der Waals surface area contributed by atoms with Gasteiger partial charge in [0.2, 0.25) is 5.91 Å². The molecule has 0 aliphatic rings. The first-order valence-electron chi connectivity index (χ1n) is 8.17. The first kappa shape index (κ1) is 25.7. The number of hydrogen-bond donors (Lipinski definition) is 0. The van der Waals surface area contributed by atoms with Crippen molar-refractivity contribution in [2.24, 2.45) is 11.8 Å². The van der Waals surface area contributed by atoms with E-state index in [4.69, 9.17) is 4.84 Å². The van der Waals surface area contributed by atoms with Crippen LogP contribution in [0.15, 0.2) is 0 Å². The molecule has 0 N–H and O–H groups in total. The summed E-state index contributed by atoms with van der Waals surface area (Å²) in [6.45, 7) is 10.5. The lowest BCUT2D eigenvalue weighted by molar-refractivity contribution is -0.172. The highest BCUT2D eigenvalue weighted by atomic mass is 31.2. The van der Waals surface area contributed by atoms with Gasteiger partial charge in [-0.25, -0.2) is 5.06 Å². The van der Waals surface area contributed by atoms with E-state index in [1.54, 1.807) is 34.2 Å². The van der Waals surface area contributed by atoms with Gasteiger partial charge in [-0.3, -0.25) is 14.4 Å². The van der Waals surface area contributed by atoms with Crippen molar-refractivity contribution in [2.45, 2.75) is 40.5 Å². The van der Waals surface area contributed by atoms with Gasteiger partial charge in [0.1, 0.15) is 5.78 Å². The maximum absolute atomic E-state index is 11.4. The number of rotatable bonds is 7. The highest BCUT2D eigenvalue weighted by Gasteiger charge is 2.18. The van der Waals surface area contributed by atoms with Crippen LogP contribution < -0.4 is 0 Å². The molecule has 25 heavy (non-hydrogen) atoms. The molecule has 0 saturated heterocycles. The average Bonchev–Trinajstić information content (AvgIpc) is 2.54. The second-order valence-corrected chi connectivity index (χ2v) is 9.74. The fourth-order valence-electron chi connectivity index (χ4n) is 1.64. The lowest BCUT2D eigenvalue weighted by Crippen LogP contribution is -2.30. The first-order chi connectivity index (χ1) is 11.5. The van der Waals surface area contributed by atoms with E-state index in [0.717, 1.165) is 0 Å². The van der Waals surface area contributed by atoms with E-state index in [-0.39, 0.29) is 29.7 Å². The van der Waals surface area contributed by atoms with Crippen LogP contribution in [0.5, 0.6) is 0 Å². The molecule has 0 heterocycles. The second kappa shape index (κ2) is 13.7. The van der Waals surface area contributed by atoms with Gasteiger partial charge in [0.15, 0.2) is 0 Å². The van der Waals surface area contributed by atoms with Crippen LogP contribution in [-0.2, 0) is 19.0 Å². The molecular formula is C19H32NO4P. The molecular weight excluding hydrogens is 337 g/mol. The maximum Gasteiger partial charge on any atom is 0.249 e. The normalized spacial score (nSPS) is 12.2. The molecule has 0 spiro atoms. The number of carbonyl (C=O) groups is 2. The Hall–Kier alpha value is -1.55. The van der Waals surface area contributed by atoms with E-state index in [9.17, 15) is 14.2 Å². The molecule has 0 saturated carbocycles. The molecule has 0 aromatic rings. The third-order valence-electron chi connectivity index (χ3n) is 3.26. The minimum absolute atomic E-state index is 0.0414. The van der Waals surface area contributed by atoms with Gasteiger partial charge in [0, 0.05) is 31.7 Å². The first-order valence-corrected chi connectivity index (χ1v) is 11.0. The fraction of sp³-hybridized carbons (Fsp3) is 0.684. The van der Waals surface area contributed by atoms with Crippen molar-refractivity contribution in [1.29, 1.82) is 0 Å². The largest absolute Gasteiger partial charge is 0.324 e. The zero-order valence-corrected chi connectivity index (χ0v) is 17.7. The molecule has 0 fully saturated rings. The van der Waals surface area contributed by atoms with Crippen LogP contribution in [0.2, 0.25) is 0 Å². The Morgan fingerprint density at radius 2 is 1.48 bits per heavy atom. The summed E-state index contributed by atoms with van der Waals surface area (Å²) in [5, 5.41) is 1.22. The Kier molecular flexibility index (Phi) is 14.1. The summed E-state index contributed by atoms with van der Waals surface area (Å²) < 4.78 is 11.3. The molecule has 0 unspecified atom stereocenters. The summed E-state index contributed by atoms with van der Waals surface area (Å²) in [4.78, 5) is 27.5. The molecule has 2 atom stereocenters. The minimum atomic E-state index is -2.21. The Labute approximate surface area is 153 Å². The van der Waals surface area contributed by atoms with E-state index in [1.807, 2.05) is 13.8 Å². The van der Waals surface area contributed by atoms with Crippen LogP contribution in [0.1, 0.15) is 40.5 Å². The van der Waals surface area contributed by atoms with Crippen molar-refractivity contribution in [2.75, 3.05) is 33.6 Å². The third kappa shape index (κ3) is 14.5. The SMILES string of the molecule is CC#CC[C@H](C)C(=O)CP(C)(C)=O.CC#CC[C@H](C)C(=O)N(C)OC. The van der Waals surface area contributed by atoms with Crippen LogP contribution in [0.25, 0.3) is 0 Å². The summed E-state index contributed by atoms with van der Waals surface area (Å²) in [5.41, 5.74) is 0. The van der Waals surface area contributed by atoms with Gasteiger partial charge in [-0.1, -0.05) is 13.8 Å². The number of hydroxylamine groups is 2. The van der Waals surface area contributed by atoms with Crippen molar-refractivity contribution in [3.63, 3.8) is 0 Å². The van der Waals surface area contributed by atoms with Crippen LogP contribution in [0, 0.1) is 35.5 Å². The Morgan fingerprint density at radius 3 is 1.84 bits per heavy atom. The lowest BCUT2D eigenvalue weighted by atomic mass is 10.0. The van der Waals surface area contributed by atoms with Crippen molar-refractivity contribution in [3.05, 3.63) is 0 Å². The van der Waals surface area contributed by atoms with Gasteiger partial charge in [-0.05, 0) is 27.2 Å². The second-order valence-electron chi connectivity index (χ2n) is 6.28. The summed E-state index contributed by atoms with van der Waals surface area (Å²) in [7, 11) is 0.858. The van der Waals surface area contributed by atoms with Gasteiger partial charge >= 0.3 is 0 Å². The highest BCUT2D eigenvalue weighted by molar-refractivity contribution is 7.63. The number of nitrogens with zero attached hydrogens (tertiary/aromatic N) is 1. The molecule has 0 aromatic carbocycles. The number of Topliss-reactive ketones (excluding diaryl/α,β-unsaturated/α-hetero) is 1. The Morgan fingerprint density at radius 1 is 1.04 bits per heavy atom. The quantitative estimate of drug-likeness (QED) is 0.392. The number of hydrogen-bond acceptors (Lipinski definition) is 4. The summed E-state index contributed by atoms with van der Waals surface area (Å²) >= 11 is 0. The summed E-state index contributed by atoms with van der Waals surface area (Å²) in [6.07, 6.45) is 1.37. The molecule has 0 radical (unpaired) electrons. The van der Waals surface area contributed by atoms with Crippen molar-refractivity contribution in [1.82, 2.24) is 5.06 Å². The van der Waals surface area contributed by atoms with E-state index in [2.05, 4.69) is 23.7 Å². The van der Waals surface area contributed by atoms with Crippen LogP contribution in [0.4, 0.5) is 0 Å². The topological polar surface area (TPSA) is 63.7 Å². The zero-order chi connectivity index (χ0) is 20.0. The van der Waals surface area contributed by atoms with Crippen LogP contribution >= 0.6 is 7.14 Å².